The highest BCUT2D eigenvalue weighted by Crippen LogP contribution is 2.31. The van der Waals surface area contributed by atoms with E-state index >= 15 is 0 Å². The largest absolute Gasteiger partial charge is 0.379 e. The van der Waals surface area contributed by atoms with Gasteiger partial charge in [0.25, 0.3) is 0 Å². The first-order chi connectivity index (χ1) is 13.5. The Morgan fingerprint density at radius 1 is 1.07 bits per heavy atom. The molecule has 0 saturated heterocycles. The summed E-state index contributed by atoms with van der Waals surface area (Å²) in [5.41, 5.74) is 17.9. The lowest BCUT2D eigenvalue weighted by atomic mass is 9.86. The summed E-state index contributed by atoms with van der Waals surface area (Å²) in [6.45, 7) is 3.30. The lowest BCUT2D eigenvalue weighted by Gasteiger charge is -2.22. The van der Waals surface area contributed by atoms with Crippen molar-refractivity contribution < 1.29 is 14.4 Å². The molecule has 0 aromatic heterocycles. The summed E-state index contributed by atoms with van der Waals surface area (Å²) < 4.78 is 0. The predicted molar refractivity (Wildman–Crippen MR) is 110 cm³/mol. The highest BCUT2D eigenvalue weighted by Gasteiger charge is 2.24. The number of hydrogen-bond donors (Lipinski definition) is 4. The number of rotatable bonds is 14. The molecule has 1 rings (SSSR count). The Morgan fingerprint density at radius 3 is 2.39 bits per heavy atom. The molecule has 0 radical (unpaired) electrons. The van der Waals surface area contributed by atoms with Crippen LogP contribution in [0.3, 0.4) is 0 Å². The van der Waals surface area contributed by atoms with Gasteiger partial charge in [0.15, 0.2) is 0 Å². The molecule has 0 bridgehead atoms. The quantitative estimate of drug-likeness (QED) is 0.285. The van der Waals surface area contributed by atoms with Gasteiger partial charge in [-0.15, -0.1) is 0 Å². The van der Waals surface area contributed by atoms with Crippen molar-refractivity contribution in [3.63, 3.8) is 0 Å². The molecule has 0 spiro atoms. The molecule has 1 atom stereocenters. The van der Waals surface area contributed by atoms with Gasteiger partial charge in [-0.3, -0.25) is 9.59 Å². The minimum Gasteiger partial charge on any atom is -0.379 e. The smallest absolute Gasteiger partial charge is 0.249 e. The van der Waals surface area contributed by atoms with Gasteiger partial charge in [-0.05, 0) is 49.6 Å². The average Bonchev–Trinajstić information content (AvgIpc) is 2.68. The first-order valence-corrected chi connectivity index (χ1v) is 9.88. The van der Waals surface area contributed by atoms with Gasteiger partial charge in [-0.25, -0.2) is 4.79 Å². The maximum Gasteiger partial charge on any atom is 0.249 e. The number of nitrogens with two attached hydrogens (primary N) is 3. The zero-order valence-electron chi connectivity index (χ0n) is 16.6. The molecule has 0 heterocycles. The number of nitrogens with one attached hydrogen (secondary N) is 1. The summed E-state index contributed by atoms with van der Waals surface area (Å²) in [5, 5.41) is 3.16. The molecule has 7 heteroatoms. The Morgan fingerprint density at radius 2 is 1.82 bits per heavy atom. The second-order valence-electron chi connectivity index (χ2n) is 6.87. The van der Waals surface area contributed by atoms with Gasteiger partial charge in [0.05, 0.1) is 0 Å². The monoisotopic (exact) mass is 388 g/mol. The number of allylic oxidation sites excluding steroid dienone is 1. The van der Waals surface area contributed by atoms with Gasteiger partial charge >= 0.3 is 0 Å². The number of primary amides is 2. The SMILES string of the molecule is CCCCCCNC(=C=O)C(CCCCN)c1cc(C(N)=O)ccc1C(N)=O. The Balaban J connectivity index is 3.20. The zero-order valence-corrected chi connectivity index (χ0v) is 16.6. The number of benzene rings is 1. The average molecular weight is 389 g/mol. The third-order valence-electron chi connectivity index (χ3n) is 4.73. The maximum absolute atomic E-state index is 11.9. The van der Waals surface area contributed by atoms with Crippen LogP contribution in [0.25, 0.3) is 0 Å². The van der Waals surface area contributed by atoms with Crippen molar-refractivity contribution in [1.29, 1.82) is 0 Å². The van der Waals surface area contributed by atoms with Crippen LogP contribution in [0.5, 0.6) is 0 Å². The fourth-order valence-corrected chi connectivity index (χ4v) is 3.18. The third-order valence-corrected chi connectivity index (χ3v) is 4.73. The molecule has 1 aromatic rings. The summed E-state index contributed by atoms with van der Waals surface area (Å²) in [5.74, 6) is 0.325. The van der Waals surface area contributed by atoms with Crippen LogP contribution in [0.1, 0.15) is 84.1 Å². The molecule has 0 aliphatic carbocycles. The third kappa shape index (κ3) is 7.18. The second kappa shape index (κ2) is 12.7. The van der Waals surface area contributed by atoms with Crippen molar-refractivity contribution in [2.75, 3.05) is 13.1 Å². The van der Waals surface area contributed by atoms with Gasteiger partial charge in [0.2, 0.25) is 11.8 Å². The minimum atomic E-state index is -0.622. The molecule has 0 aliphatic rings. The van der Waals surface area contributed by atoms with Crippen LogP contribution in [0.15, 0.2) is 23.9 Å². The molecular weight excluding hydrogens is 356 g/mol. The maximum atomic E-state index is 11.9. The van der Waals surface area contributed by atoms with Crippen molar-refractivity contribution in [3.8, 4) is 0 Å². The van der Waals surface area contributed by atoms with Gasteiger partial charge in [-0.2, -0.15) is 0 Å². The number of unbranched alkanes of at least 4 members (excludes halogenated alkanes) is 4. The summed E-state index contributed by atoms with van der Waals surface area (Å²) in [6.07, 6.45) is 6.36. The summed E-state index contributed by atoms with van der Waals surface area (Å²) in [6, 6.07) is 4.49. The molecular formula is C21H32N4O3. The Bertz CT molecular complexity index is 712. The van der Waals surface area contributed by atoms with Crippen molar-refractivity contribution in [2.45, 2.75) is 57.8 Å². The van der Waals surface area contributed by atoms with Crippen LogP contribution < -0.4 is 22.5 Å². The lowest BCUT2D eigenvalue weighted by molar-refractivity contribution is 0.0987. The van der Waals surface area contributed by atoms with Crippen LogP contribution in [0.4, 0.5) is 0 Å². The Hall–Kier alpha value is -2.63. The summed E-state index contributed by atoms with van der Waals surface area (Å²) in [4.78, 5) is 35.3. The number of hydrogen-bond acceptors (Lipinski definition) is 5. The molecule has 7 nitrogen and oxygen atoms in total. The molecule has 154 valence electrons. The van der Waals surface area contributed by atoms with E-state index in [-0.39, 0.29) is 11.1 Å². The number of carbonyl (C=O) groups is 2. The molecule has 0 fully saturated rings. The van der Waals surface area contributed by atoms with Crippen LogP contribution in [-0.4, -0.2) is 30.8 Å². The lowest BCUT2D eigenvalue weighted by Crippen LogP contribution is -2.25. The van der Waals surface area contributed by atoms with Crippen molar-refractivity contribution in [3.05, 3.63) is 40.6 Å². The van der Waals surface area contributed by atoms with Gasteiger partial charge in [0, 0.05) is 23.6 Å². The highest BCUT2D eigenvalue weighted by molar-refractivity contribution is 5.98. The fraction of sp³-hybridized carbons (Fsp3) is 0.524. The molecule has 1 aromatic carbocycles. The molecule has 1 unspecified atom stereocenters. The molecule has 7 N–H and O–H groups in total. The zero-order chi connectivity index (χ0) is 20.9. The van der Waals surface area contributed by atoms with Crippen LogP contribution >= 0.6 is 0 Å². The molecule has 0 aliphatic heterocycles. The van der Waals surface area contributed by atoms with E-state index in [0.29, 0.717) is 30.8 Å². The fourth-order valence-electron chi connectivity index (χ4n) is 3.18. The number of carbonyl (C=O) groups excluding carboxylic acids is 3. The van der Waals surface area contributed by atoms with Gasteiger partial charge in [0.1, 0.15) is 11.6 Å². The predicted octanol–water partition coefficient (Wildman–Crippen LogP) is 1.98. The van der Waals surface area contributed by atoms with E-state index in [1.54, 1.807) is 6.07 Å². The van der Waals surface area contributed by atoms with Crippen molar-refractivity contribution >= 4 is 17.8 Å². The van der Waals surface area contributed by atoms with Crippen LogP contribution in [0.2, 0.25) is 0 Å². The highest BCUT2D eigenvalue weighted by atomic mass is 16.1. The summed E-state index contributed by atoms with van der Waals surface area (Å²) in [7, 11) is 0. The van der Waals surface area contributed by atoms with Crippen molar-refractivity contribution in [1.82, 2.24) is 5.32 Å². The van der Waals surface area contributed by atoms with Crippen LogP contribution in [-0.2, 0) is 4.79 Å². The molecule has 28 heavy (non-hydrogen) atoms. The van der Waals surface area contributed by atoms with E-state index in [4.69, 9.17) is 17.2 Å². The Labute approximate surface area is 166 Å². The van der Waals surface area contributed by atoms with Gasteiger partial charge < -0.3 is 22.5 Å². The normalized spacial score (nSPS) is 11.5. The first-order valence-electron chi connectivity index (χ1n) is 9.88. The van der Waals surface area contributed by atoms with E-state index in [1.165, 1.54) is 12.1 Å². The Kier molecular flexibility index (Phi) is 10.6. The second-order valence-corrected chi connectivity index (χ2v) is 6.87. The van der Waals surface area contributed by atoms with Crippen molar-refractivity contribution in [2.24, 2.45) is 17.2 Å². The van der Waals surface area contributed by atoms with Crippen LogP contribution in [0, 0.1) is 0 Å². The van der Waals surface area contributed by atoms with Gasteiger partial charge in [-0.1, -0.05) is 32.6 Å². The number of amides is 2. The van der Waals surface area contributed by atoms with E-state index in [9.17, 15) is 14.4 Å². The van der Waals surface area contributed by atoms with E-state index in [0.717, 1.165) is 38.5 Å². The molecule has 0 saturated carbocycles. The summed E-state index contributed by atoms with van der Waals surface area (Å²) >= 11 is 0. The minimum absolute atomic E-state index is 0.261. The van der Waals surface area contributed by atoms with E-state index in [1.807, 2.05) is 5.94 Å². The van der Waals surface area contributed by atoms with E-state index in [2.05, 4.69) is 12.2 Å². The standard InChI is InChI=1S/C21H32N4O3/c1-2-3-4-7-12-25-19(14-26)16(8-5-6-11-22)18-13-15(20(23)27)9-10-17(18)21(24)28/h9-10,13,16,25H,2-8,11-12,22H2,1H3,(H2,23,27)(H2,24,28). The first kappa shape index (κ1) is 23.4. The topological polar surface area (TPSA) is 141 Å². The molecule has 2 amide bonds. The van der Waals surface area contributed by atoms with E-state index < -0.39 is 17.7 Å².